The van der Waals surface area contributed by atoms with Crippen molar-refractivity contribution in [2.45, 2.75) is 19.6 Å². The largest absolute Gasteiger partial charge is 0.416 e. The van der Waals surface area contributed by atoms with E-state index in [9.17, 15) is 18.0 Å². The van der Waals surface area contributed by atoms with E-state index in [0.29, 0.717) is 30.7 Å². The zero-order chi connectivity index (χ0) is 20.6. The number of aryl methyl sites for hydroxylation is 1. The summed E-state index contributed by atoms with van der Waals surface area (Å²) in [5.41, 5.74) is 0.933. The van der Waals surface area contributed by atoms with Crippen LogP contribution in [0.4, 0.5) is 13.2 Å². The van der Waals surface area contributed by atoms with Gasteiger partial charge in [-0.2, -0.15) is 13.2 Å². The number of halogens is 3. The second kappa shape index (κ2) is 7.57. The number of pyridine rings is 1. The number of nitrogens with one attached hydrogen (secondary N) is 1. The molecule has 4 rings (SSSR count). The SMILES string of the molecule is Cc1cc(CN2CCOCC2)cc2c(=O)[nH]c(-c3cc(C(F)(F)F)ccn3)nc12. The van der Waals surface area contributed by atoms with Gasteiger partial charge in [0.05, 0.1) is 29.7 Å². The highest BCUT2D eigenvalue weighted by molar-refractivity contribution is 5.83. The van der Waals surface area contributed by atoms with Crippen molar-refractivity contribution in [1.29, 1.82) is 0 Å². The highest BCUT2D eigenvalue weighted by Gasteiger charge is 2.31. The summed E-state index contributed by atoms with van der Waals surface area (Å²) >= 11 is 0. The minimum Gasteiger partial charge on any atom is -0.379 e. The smallest absolute Gasteiger partial charge is 0.379 e. The molecule has 1 aliphatic heterocycles. The quantitative estimate of drug-likeness (QED) is 0.726. The maximum absolute atomic E-state index is 13.0. The van der Waals surface area contributed by atoms with Gasteiger partial charge in [0, 0.05) is 25.8 Å². The number of rotatable bonds is 3. The van der Waals surface area contributed by atoms with Crippen LogP contribution < -0.4 is 5.56 Å². The minimum absolute atomic E-state index is 0.0117. The molecule has 0 saturated carbocycles. The van der Waals surface area contributed by atoms with E-state index in [-0.39, 0.29) is 11.5 Å². The van der Waals surface area contributed by atoms with E-state index >= 15 is 0 Å². The lowest BCUT2D eigenvalue weighted by atomic mass is 10.1. The summed E-state index contributed by atoms with van der Waals surface area (Å²) in [7, 11) is 0. The van der Waals surface area contributed by atoms with Crippen molar-refractivity contribution in [1.82, 2.24) is 19.9 Å². The summed E-state index contributed by atoms with van der Waals surface area (Å²) in [4.78, 5) is 25.8. The lowest BCUT2D eigenvalue weighted by molar-refractivity contribution is -0.137. The highest BCUT2D eigenvalue weighted by Crippen LogP contribution is 2.30. The average molecular weight is 404 g/mol. The summed E-state index contributed by atoms with van der Waals surface area (Å²) in [6, 6.07) is 5.50. The van der Waals surface area contributed by atoms with Crippen molar-refractivity contribution in [2.24, 2.45) is 0 Å². The number of H-pyrrole nitrogens is 1. The molecule has 1 saturated heterocycles. The number of morpholine rings is 1. The molecule has 0 atom stereocenters. The monoisotopic (exact) mass is 404 g/mol. The van der Waals surface area contributed by atoms with Crippen LogP contribution in [0.3, 0.4) is 0 Å². The summed E-state index contributed by atoms with van der Waals surface area (Å²) in [6.45, 7) is 5.54. The first kappa shape index (κ1) is 19.5. The first-order valence-electron chi connectivity index (χ1n) is 9.18. The number of hydrogen-bond donors (Lipinski definition) is 1. The molecule has 0 radical (unpaired) electrons. The summed E-state index contributed by atoms with van der Waals surface area (Å²) in [5, 5.41) is 0.406. The number of hydrogen-bond acceptors (Lipinski definition) is 5. The molecular weight excluding hydrogens is 385 g/mol. The minimum atomic E-state index is -4.50. The topological polar surface area (TPSA) is 71.1 Å². The molecule has 0 unspecified atom stereocenters. The molecular formula is C20H19F3N4O2. The number of fused-ring (bicyclic) bond motifs is 1. The van der Waals surface area contributed by atoms with Gasteiger partial charge in [-0.25, -0.2) is 4.98 Å². The Hall–Kier alpha value is -2.78. The molecule has 1 aliphatic rings. The number of aromatic amines is 1. The van der Waals surface area contributed by atoms with E-state index in [0.717, 1.165) is 42.5 Å². The van der Waals surface area contributed by atoms with Gasteiger partial charge < -0.3 is 9.72 Å². The first-order chi connectivity index (χ1) is 13.8. The van der Waals surface area contributed by atoms with Crippen LogP contribution in [-0.4, -0.2) is 46.2 Å². The van der Waals surface area contributed by atoms with E-state index in [1.54, 1.807) is 6.07 Å². The molecule has 1 aromatic carbocycles. The van der Waals surface area contributed by atoms with Gasteiger partial charge in [0.2, 0.25) is 0 Å². The van der Waals surface area contributed by atoms with Crippen LogP contribution in [0.1, 0.15) is 16.7 Å². The highest BCUT2D eigenvalue weighted by atomic mass is 19.4. The standard InChI is InChI=1S/C20H19F3N4O2/c1-12-8-13(11-27-4-6-29-7-5-27)9-15-17(12)25-18(26-19(15)28)16-10-14(2-3-24-16)20(21,22)23/h2-3,8-10H,4-7,11H2,1H3,(H,25,26,28). The van der Waals surface area contributed by atoms with Gasteiger partial charge in [-0.1, -0.05) is 6.07 Å². The summed E-state index contributed by atoms with van der Waals surface area (Å²) in [5.74, 6) is 0.0117. The normalized spacial score (nSPS) is 15.7. The Balaban J connectivity index is 1.73. The molecule has 0 aliphatic carbocycles. The van der Waals surface area contributed by atoms with E-state index in [1.807, 2.05) is 13.0 Å². The molecule has 29 heavy (non-hydrogen) atoms. The number of aromatic nitrogens is 3. The van der Waals surface area contributed by atoms with E-state index in [1.165, 1.54) is 0 Å². The number of benzene rings is 1. The maximum atomic E-state index is 13.0. The molecule has 1 N–H and O–H groups in total. The average Bonchev–Trinajstić information content (AvgIpc) is 2.69. The summed E-state index contributed by atoms with van der Waals surface area (Å²) in [6.07, 6.45) is -3.44. The van der Waals surface area contributed by atoms with Crippen LogP contribution in [0.25, 0.3) is 22.4 Å². The molecule has 0 bridgehead atoms. The fraction of sp³-hybridized carbons (Fsp3) is 0.350. The predicted molar refractivity (Wildman–Crippen MR) is 101 cm³/mol. The Bertz CT molecular complexity index is 1110. The van der Waals surface area contributed by atoms with Crippen molar-refractivity contribution in [3.63, 3.8) is 0 Å². The number of alkyl halides is 3. The van der Waals surface area contributed by atoms with Crippen LogP contribution in [-0.2, 0) is 17.5 Å². The van der Waals surface area contributed by atoms with Gasteiger partial charge in [-0.3, -0.25) is 14.7 Å². The van der Waals surface area contributed by atoms with Crippen molar-refractivity contribution in [3.05, 3.63) is 57.5 Å². The van der Waals surface area contributed by atoms with Crippen LogP contribution in [0.2, 0.25) is 0 Å². The maximum Gasteiger partial charge on any atom is 0.416 e. The van der Waals surface area contributed by atoms with Crippen molar-refractivity contribution >= 4 is 10.9 Å². The Morgan fingerprint density at radius 2 is 1.97 bits per heavy atom. The second-order valence-electron chi connectivity index (χ2n) is 7.04. The second-order valence-corrected chi connectivity index (χ2v) is 7.04. The van der Waals surface area contributed by atoms with Gasteiger partial charge in [0.15, 0.2) is 5.82 Å². The van der Waals surface area contributed by atoms with E-state index < -0.39 is 17.3 Å². The van der Waals surface area contributed by atoms with Gasteiger partial charge >= 0.3 is 6.18 Å². The predicted octanol–water partition coefficient (Wildman–Crippen LogP) is 3.14. The summed E-state index contributed by atoms with van der Waals surface area (Å²) < 4.78 is 44.3. The Labute approximate surface area is 164 Å². The molecule has 152 valence electrons. The fourth-order valence-corrected chi connectivity index (χ4v) is 3.46. The van der Waals surface area contributed by atoms with Crippen LogP contribution in [0.5, 0.6) is 0 Å². The lowest BCUT2D eigenvalue weighted by Gasteiger charge is -2.26. The molecule has 0 spiro atoms. The van der Waals surface area contributed by atoms with Crippen molar-refractivity contribution in [3.8, 4) is 11.5 Å². The Morgan fingerprint density at radius 3 is 2.69 bits per heavy atom. The van der Waals surface area contributed by atoms with E-state index in [4.69, 9.17) is 4.74 Å². The number of nitrogens with zero attached hydrogens (tertiary/aromatic N) is 3. The van der Waals surface area contributed by atoms with Gasteiger partial charge in [-0.15, -0.1) is 0 Å². The van der Waals surface area contributed by atoms with Crippen molar-refractivity contribution < 1.29 is 17.9 Å². The third kappa shape index (κ3) is 4.15. The molecule has 9 heteroatoms. The fourth-order valence-electron chi connectivity index (χ4n) is 3.46. The Morgan fingerprint density at radius 1 is 1.21 bits per heavy atom. The molecule has 6 nitrogen and oxygen atoms in total. The third-order valence-corrected chi connectivity index (χ3v) is 4.90. The number of ether oxygens (including phenoxy) is 1. The van der Waals surface area contributed by atoms with Gasteiger partial charge in [-0.05, 0) is 36.2 Å². The van der Waals surface area contributed by atoms with Gasteiger partial charge in [0.1, 0.15) is 5.69 Å². The molecule has 0 amide bonds. The Kier molecular flexibility index (Phi) is 5.10. The van der Waals surface area contributed by atoms with Gasteiger partial charge in [0.25, 0.3) is 5.56 Å². The van der Waals surface area contributed by atoms with Crippen LogP contribution in [0, 0.1) is 6.92 Å². The molecule has 3 heterocycles. The lowest BCUT2D eigenvalue weighted by Crippen LogP contribution is -2.35. The van der Waals surface area contributed by atoms with Crippen LogP contribution >= 0.6 is 0 Å². The first-order valence-corrected chi connectivity index (χ1v) is 9.18. The van der Waals surface area contributed by atoms with E-state index in [2.05, 4.69) is 19.9 Å². The molecule has 3 aromatic rings. The zero-order valence-corrected chi connectivity index (χ0v) is 15.7. The molecule has 2 aromatic heterocycles. The zero-order valence-electron chi connectivity index (χ0n) is 15.7. The third-order valence-electron chi connectivity index (χ3n) is 4.90. The van der Waals surface area contributed by atoms with Crippen LogP contribution in [0.15, 0.2) is 35.3 Å². The molecule has 1 fully saturated rings. The van der Waals surface area contributed by atoms with Crippen molar-refractivity contribution in [2.75, 3.05) is 26.3 Å².